The summed E-state index contributed by atoms with van der Waals surface area (Å²) in [4.78, 5) is 1.63. The van der Waals surface area contributed by atoms with Crippen molar-refractivity contribution in [3.05, 3.63) is 283 Å². The first-order chi connectivity index (χ1) is 41.4. The number of allylic oxidation sites excluding steroid dienone is 7. The van der Waals surface area contributed by atoms with Gasteiger partial charge in [-0.1, -0.05) is 224 Å². The molecule has 1 aliphatic rings. The zero-order valence-electron chi connectivity index (χ0n) is 53.0. The summed E-state index contributed by atoms with van der Waals surface area (Å²) >= 11 is 0. The zero-order chi connectivity index (χ0) is 60.6. The van der Waals surface area contributed by atoms with Gasteiger partial charge in [0.05, 0.1) is 35.9 Å². The molecule has 338 valence electrons. The molecule has 1 aliphatic carbocycles. The van der Waals surface area contributed by atoms with Gasteiger partial charge in [0.2, 0.25) is 0 Å². The Morgan fingerprint density at radius 2 is 1.23 bits per heavy atom. The highest BCUT2D eigenvalue weighted by Crippen LogP contribution is 2.43. The third-order valence-electron chi connectivity index (χ3n) is 12.6. The van der Waals surface area contributed by atoms with Crippen LogP contribution in [0.2, 0.25) is 0 Å². The van der Waals surface area contributed by atoms with E-state index in [2.05, 4.69) is 28.8 Å². The van der Waals surface area contributed by atoms with Gasteiger partial charge >= 0.3 is 0 Å². The van der Waals surface area contributed by atoms with E-state index in [0.29, 0.717) is 39.0 Å². The minimum Gasteiger partial charge on any atom is -0.507 e. The molecular weight excluding hydrogens is 861 g/mol. The number of hydrogen-bond donors (Lipinski definition) is 1. The highest BCUT2D eigenvalue weighted by molar-refractivity contribution is 6.09. The average molecular weight is 926 g/mol. The molecule has 2 unspecified atom stereocenters. The summed E-state index contributed by atoms with van der Waals surface area (Å²) in [5.41, 5.74) is 4.73. The number of hydrogen-bond acceptors (Lipinski definition) is 2. The van der Waals surface area contributed by atoms with E-state index in [4.69, 9.17) is 9.60 Å². The Kier molecular flexibility index (Phi) is 7.97. The lowest BCUT2D eigenvalue weighted by Gasteiger charge is -2.31. The van der Waals surface area contributed by atoms with E-state index in [-0.39, 0.29) is 11.4 Å². The van der Waals surface area contributed by atoms with Crippen molar-refractivity contribution >= 4 is 67.0 Å². The molecule has 0 amide bonds. The van der Waals surface area contributed by atoms with Crippen LogP contribution in [-0.4, -0.2) is 9.67 Å². The predicted molar refractivity (Wildman–Crippen MR) is 302 cm³/mol. The highest BCUT2D eigenvalue weighted by Gasteiger charge is 2.22. The van der Waals surface area contributed by atoms with Gasteiger partial charge in [-0.15, -0.1) is 0 Å². The Morgan fingerprint density at radius 3 is 2.04 bits per heavy atom. The number of rotatable bonds is 11. The van der Waals surface area contributed by atoms with E-state index in [1.54, 1.807) is 29.2 Å². The number of phenolic OH excluding ortho intramolecular Hbond substituents is 1. The zero-order valence-corrected chi connectivity index (χ0v) is 38.0. The van der Waals surface area contributed by atoms with Crippen LogP contribution < -0.4 is 4.90 Å². The summed E-state index contributed by atoms with van der Waals surface area (Å²) in [6, 6.07) is 40.1. The molecule has 1 heterocycles. The van der Waals surface area contributed by atoms with Gasteiger partial charge in [-0.3, -0.25) is 0 Å². The number of aromatic nitrogens is 1. The van der Waals surface area contributed by atoms with E-state index in [0.717, 1.165) is 32.8 Å². The second kappa shape index (κ2) is 19.1. The molecule has 0 fully saturated rings. The average Bonchev–Trinajstić information content (AvgIpc) is 0.999. The van der Waals surface area contributed by atoms with Gasteiger partial charge in [0.1, 0.15) is 5.75 Å². The lowest BCUT2D eigenvalue weighted by molar-refractivity contribution is 0.483. The van der Waals surface area contributed by atoms with Crippen molar-refractivity contribution in [2.45, 2.75) is 12.3 Å². The molecule has 0 saturated carbocycles. The van der Waals surface area contributed by atoms with Crippen molar-refractivity contribution in [2.24, 2.45) is 0 Å². The SMILES string of the molecule is [2H]C1=C([2H])C(c2c([2H])c([2H])c(-c3c([2H])c([2H])c([2H])c4c([2H])c([2H])c([2H])c([2H])c34)c([2H])c2[2H])C([2H])C([2H])=C1N(c1ccc(/C=C/C=C\C=C\n2c3ccccc3c3ccccc32)cc1)c1ccccc1-c1cccc(-c2ccc3ccccc3c2O)c1. The number of nitrogens with zero attached hydrogens (tertiary/aromatic N) is 2. The maximum Gasteiger partial charge on any atom is 0.131 e. The molecule has 3 nitrogen and oxygen atoms in total. The molecule has 1 aromatic heterocycles. The van der Waals surface area contributed by atoms with Gasteiger partial charge in [0.15, 0.2) is 0 Å². The fourth-order valence-electron chi connectivity index (χ4n) is 9.19. The summed E-state index contributed by atoms with van der Waals surface area (Å²) < 4.78 is 139. The number of anilines is 2. The monoisotopic (exact) mass is 925 g/mol. The Balaban J connectivity index is 0.953. The van der Waals surface area contributed by atoms with E-state index < -0.39 is 124 Å². The molecular formula is C68H50N2O. The standard InChI is InChI=1S/C68H50N2O/c71-68-61-25-7-5-19-52(61)40-45-62(68)55-22-15-21-54(47-55)60-24-8-13-31-67(60)70(57-43-38-50(39-44-57)49-34-36-53(37-35-49)59-28-16-20-51-18-4-6-23-58(51)59)56-41-32-48(33-42-56)17-3-1-2-14-46-69-65-29-11-9-26-63(65)64-27-10-12-30-66(64)69/h1-38,40-47,50,71H,39H2/b2-1-,17-3+,46-14+/i4D,6D,16D,18D,20D,23D,28D,34D,35D,36D,37D,38D,39D,43D,44D. The van der Waals surface area contributed by atoms with Gasteiger partial charge in [0, 0.05) is 52.2 Å². The number of para-hydroxylation sites is 3. The molecule has 0 spiro atoms. The van der Waals surface area contributed by atoms with Crippen molar-refractivity contribution in [3.8, 4) is 39.1 Å². The minimum absolute atomic E-state index is 0.108. The van der Waals surface area contributed by atoms with Crippen LogP contribution in [0.15, 0.2) is 272 Å². The summed E-state index contributed by atoms with van der Waals surface area (Å²) in [5.74, 6) is -1.61. The van der Waals surface area contributed by atoms with Crippen molar-refractivity contribution in [1.82, 2.24) is 4.57 Å². The van der Waals surface area contributed by atoms with Crippen molar-refractivity contribution in [2.75, 3.05) is 4.90 Å². The van der Waals surface area contributed by atoms with Gasteiger partial charge in [-0.25, -0.2) is 0 Å². The Hall–Kier alpha value is -9.18. The van der Waals surface area contributed by atoms with Crippen LogP contribution in [0.4, 0.5) is 11.4 Å². The van der Waals surface area contributed by atoms with Crippen LogP contribution in [0, 0.1) is 0 Å². The van der Waals surface area contributed by atoms with E-state index in [9.17, 15) is 16.1 Å². The van der Waals surface area contributed by atoms with Crippen LogP contribution in [0.3, 0.4) is 0 Å². The number of benzene rings is 10. The normalized spacial score (nSPS) is 18.3. The molecule has 0 radical (unpaired) electrons. The molecule has 12 rings (SSSR count). The summed E-state index contributed by atoms with van der Waals surface area (Å²) in [6.45, 7) is 0. The fourth-order valence-corrected chi connectivity index (χ4v) is 9.19. The highest BCUT2D eigenvalue weighted by atomic mass is 16.3. The maximum absolute atomic E-state index is 11.6. The van der Waals surface area contributed by atoms with Crippen LogP contribution in [-0.2, 0) is 0 Å². The van der Waals surface area contributed by atoms with Crippen LogP contribution in [0.25, 0.3) is 89.0 Å². The smallest absolute Gasteiger partial charge is 0.131 e. The van der Waals surface area contributed by atoms with Gasteiger partial charge in [-0.05, 0) is 104 Å². The molecule has 10 aromatic carbocycles. The van der Waals surface area contributed by atoms with Gasteiger partial charge in [-0.2, -0.15) is 0 Å². The van der Waals surface area contributed by atoms with Crippen molar-refractivity contribution < 1.29 is 25.7 Å². The minimum atomic E-state index is -1.81. The molecule has 0 bridgehead atoms. The Bertz CT molecular complexity index is 4720. The predicted octanol–water partition coefficient (Wildman–Crippen LogP) is 18.3. The van der Waals surface area contributed by atoms with Crippen molar-refractivity contribution in [3.63, 3.8) is 0 Å². The number of fused-ring (bicyclic) bond motifs is 5. The van der Waals surface area contributed by atoms with E-state index in [1.807, 2.05) is 146 Å². The molecule has 71 heavy (non-hydrogen) atoms. The number of phenols is 1. The largest absolute Gasteiger partial charge is 0.507 e. The first-order valence-corrected chi connectivity index (χ1v) is 23.1. The first kappa shape index (κ1) is 29.7. The third kappa shape index (κ3) is 8.45. The lowest BCUT2D eigenvalue weighted by atomic mass is 9.89. The molecule has 1 N–H and O–H groups in total. The lowest BCUT2D eigenvalue weighted by Crippen LogP contribution is -2.18. The maximum atomic E-state index is 11.6. The molecule has 11 aromatic rings. The van der Waals surface area contributed by atoms with E-state index in [1.165, 1.54) is 0 Å². The van der Waals surface area contributed by atoms with Crippen LogP contribution in [0.1, 0.15) is 44.0 Å². The quantitative estimate of drug-likeness (QED) is 0.131. The second-order valence-corrected chi connectivity index (χ2v) is 16.9. The molecule has 0 saturated heterocycles. The van der Waals surface area contributed by atoms with Crippen LogP contribution >= 0.6 is 0 Å². The van der Waals surface area contributed by atoms with E-state index >= 15 is 0 Å². The first-order valence-electron chi connectivity index (χ1n) is 30.7. The summed E-state index contributed by atoms with van der Waals surface area (Å²) in [5, 5.41) is 14.6. The van der Waals surface area contributed by atoms with Gasteiger partial charge < -0.3 is 14.6 Å². The fraction of sp³-hybridized carbons (Fsp3) is 0.0294. The van der Waals surface area contributed by atoms with Gasteiger partial charge in [0.25, 0.3) is 0 Å². The number of aromatic hydroxyl groups is 1. The Labute approximate surface area is 435 Å². The molecule has 2 atom stereocenters. The third-order valence-corrected chi connectivity index (χ3v) is 12.6. The van der Waals surface area contributed by atoms with Crippen LogP contribution in [0.5, 0.6) is 5.75 Å². The Morgan fingerprint density at radius 1 is 0.535 bits per heavy atom. The second-order valence-electron chi connectivity index (χ2n) is 16.9. The summed E-state index contributed by atoms with van der Waals surface area (Å²) in [7, 11) is 0. The topological polar surface area (TPSA) is 28.4 Å². The molecule has 3 heteroatoms. The summed E-state index contributed by atoms with van der Waals surface area (Å²) in [6.07, 6.45) is 9.85. The van der Waals surface area contributed by atoms with Crippen molar-refractivity contribution in [1.29, 1.82) is 0 Å². The molecule has 0 aliphatic heterocycles.